The summed E-state index contributed by atoms with van der Waals surface area (Å²) in [6, 6.07) is 7.50. The van der Waals surface area contributed by atoms with Crippen molar-refractivity contribution in [2.45, 2.75) is 57.6 Å². The first-order valence-electron chi connectivity index (χ1n) is 7.46. The molecule has 1 fully saturated rings. The van der Waals surface area contributed by atoms with E-state index in [0.29, 0.717) is 5.69 Å². The highest BCUT2D eigenvalue weighted by molar-refractivity contribution is 5.70. The monoisotopic (exact) mass is 302 g/mol. The fourth-order valence-electron chi connectivity index (χ4n) is 2.72. The van der Waals surface area contributed by atoms with Crippen molar-refractivity contribution in [2.75, 3.05) is 0 Å². The summed E-state index contributed by atoms with van der Waals surface area (Å²) >= 11 is 0. The molecule has 1 saturated carbocycles. The van der Waals surface area contributed by atoms with Crippen LogP contribution in [0.4, 0.5) is 10.5 Å². The third-order valence-corrected chi connectivity index (χ3v) is 3.89. The molecule has 1 aromatic carbocycles. The molecule has 6 heteroatoms. The third kappa shape index (κ3) is 3.71. The summed E-state index contributed by atoms with van der Waals surface area (Å²) in [5.41, 5.74) is 9.41. The number of ether oxygens (including phenoxy) is 1. The van der Waals surface area contributed by atoms with Crippen LogP contribution >= 0.6 is 0 Å². The molecular weight excluding hydrogens is 280 g/mol. The van der Waals surface area contributed by atoms with Gasteiger partial charge in [-0.3, -0.25) is 0 Å². The summed E-state index contributed by atoms with van der Waals surface area (Å²) in [4.78, 5) is 14.8. The zero-order valence-corrected chi connectivity index (χ0v) is 13.5. The first kappa shape index (κ1) is 16.2. The second-order valence-corrected chi connectivity index (χ2v) is 6.68. The van der Waals surface area contributed by atoms with Gasteiger partial charge in [-0.2, -0.15) is 0 Å². The van der Waals surface area contributed by atoms with Gasteiger partial charge in [0, 0.05) is 16.5 Å². The van der Waals surface area contributed by atoms with Gasteiger partial charge in [0.15, 0.2) is 0 Å². The molecule has 0 bridgehead atoms. The fraction of sp³-hybridized carbons (Fsp3) is 0.562. The molecule has 6 nitrogen and oxygen atoms in total. The Kier molecular flexibility index (Phi) is 4.33. The van der Waals surface area contributed by atoms with Crippen LogP contribution in [0.1, 0.15) is 52.0 Å². The Bertz CT molecular complexity index is 617. The van der Waals surface area contributed by atoms with Crippen molar-refractivity contribution in [3.8, 4) is 0 Å². The van der Waals surface area contributed by atoms with Gasteiger partial charge >= 0.3 is 6.09 Å². The first-order chi connectivity index (χ1) is 10.3. The quantitative estimate of drug-likeness (QED) is 0.492. The van der Waals surface area contributed by atoms with E-state index in [0.717, 1.165) is 18.4 Å². The smallest absolute Gasteiger partial charge is 0.408 e. The molecule has 1 aliphatic rings. The predicted octanol–water partition coefficient (Wildman–Crippen LogP) is 4.79. The lowest BCUT2D eigenvalue weighted by Gasteiger charge is -2.23. The van der Waals surface area contributed by atoms with Gasteiger partial charge in [-0.25, -0.2) is 4.79 Å². The molecule has 1 aliphatic carbocycles. The summed E-state index contributed by atoms with van der Waals surface area (Å²) < 4.78 is 5.35. The number of rotatable bonds is 4. The molecule has 2 rings (SSSR count). The Morgan fingerprint density at radius 3 is 2.86 bits per heavy atom. The lowest BCUT2D eigenvalue weighted by atomic mass is 10.0. The van der Waals surface area contributed by atoms with Gasteiger partial charge in [0.2, 0.25) is 0 Å². The van der Waals surface area contributed by atoms with Gasteiger partial charge in [0.1, 0.15) is 5.60 Å². The number of hydrogen-bond acceptors (Lipinski definition) is 3. The van der Waals surface area contributed by atoms with Crippen LogP contribution in [0.15, 0.2) is 29.4 Å². The molecule has 1 amide bonds. The molecule has 2 atom stereocenters. The van der Waals surface area contributed by atoms with Crippen molar-refractivity contribution < 1.29 is 9.53 Å². The highest BCUT2D eigenvalue weighted by Crippen LogP contribution is 2.54. The van der Waals surface area contributed by atoms with Gasteiger partial charge in [-0.05, 0) is 50.8 Å². The van der Waals surface area contributed by atoms with E-state index >= 15 is 0 Å². The second-order valence-electron chi connectivity index (χ2n) is 6.68. The number of azide groups is 1. The van der Waals surface area contributed by atoms with Crippen LogP contribution in [-0.2, 0) is 4.74 Å². The van der Waals surface area contributed by atoms with Gasteiger partial charge in [0.25, 0.3) is 0 Å². The highest BCUT2D eigenvalue weighted by Gasteiger charge is 2.55. The number of amides is 1. The van der Waals surface area contributed by atoms with E-state index in [-0.39, 0.29) is 17.6 Å². The molecule has 22 heavy (non-hydrogen) atoms. The van der Waals surface area contributed by atoms with E-state index in [2.05, 4.69) is 22.3 Å². The minimum Gasteiger partial charge on any atom is -0.444 e. The maximum atomic E-state index is 12.0. The number of alkyl carbamates (subject to hydrolysis) is 1. The molecule has 0 spiro atoms. The maximum Gasteiger partial charge on any atom is 0.408 e. The summed E-state index contributed by atoms with van der Waals surface area (Å²) in [6.45, 7) is 7.59. The van der Waals surface area contributed by atoms with Crippen LogP contribution in [-0.4, -0.2) is 17.2 Å². The maximum absolute atomic E-state index is 12.0. The molecule has 2 unspecified atom stereocenters. The van der Waals surface area contributed by atoms with Crippen molar-refractivity contribution >= 4 is 11.8 Å². The van der Waals surface area contributed by atoms with Crippen LogP contribution < -0.4 is 5.32 Å². The largest absolute Gasteiger partial charge is 0.444 e. The Morgan fingerprint density at radius 1 is 1.55 bits per heavy atom. The van der Waals surface area contributed by atoms with Gasteiger partial charge in [-0.1, -0.05) is 30.2 Å². The summed E-state index contributed by atoms with van der Waals surface area (Å²) in [5.74, 6) is 0.221. The van der Waals surface area contributed by atoms with E-state index in [1.807, 2.05) is 39.0 Å². The Labute approximate surface area is 130 Å². The van der Waals surface area contributed by atoms with Crippen LogP contribution in [0.25, 0.3) is 10.4 Å². The average molecular weight is 302 g/mol. The topological polar surface area (TPSA) is 87.1 Å². The fourth-order valence-corrected chi connectivity index (χ4v) is 2.72. The normalized spacial score (nSPS) is 23.4. The van der Waals surface area contributed by atoms with Crippen LogP contribution in [0.5, 0.6) is 0 Å². The van der Waals surface area contributed by atoms with Gasteiger partial charge in [0.05, 0.1) is 5.54 Å². The molecular formula is C16H22N4O2. The van der Waals surface area contributed by atoms with Crippen molar-refractivity contribution in [3.05, 3.63) is 40.3 Å². The zero-order chi connectivity index (χ0) is 16.4. The predicted molar refractivity (Wildman–Crippen MR) is 85.0 cm³/mol. The first-order valence-corrected chi connectivity index (χ1v) is 7.46. The molecule has 1 aromatic rings. The number of carbonyl (C=O) groups excluding carboxylic acids is 1. The van der Waals surface area contributed by atoms with E-state index in [4.69, 9.17) is 10.3 Å². The van der Waals surface area contributed by atoms with E-state index < -0.39 is 5.60 Å². The van der Waals surface area contributed by atoms with Crippen LogP contribution in [0.3, 0.4) is 0 Å². The zero-order valence-electron chi connectivity index (χ0n) is 13.5. The average Bonchev–Trinajstić information content (AvgIpc) is 3.12. The minimum atomic E-state index is -0.509. The minimum absolute atomic E-state index is 0.221. The summed E-state index contributed by atoms with van der Waals surface area (Å²) in [5, 5.41) is 6.64. The number of carbonyl (C=O) groups is 1. The Morgan fingerprint density at radius 2 is 2.27 bits per heavy atom. The van der Waals surface area contributed by atoms with Gasteiger partial charge < -0.3 is 10.1 Å². The molecule has 1 N–H and O–H groups in total. The third-order valence-electron chi connectivity index (χ3n) is 3.89. The van der Waals surface area contributed by atoms with Crippen LogP contribution in [0.2, 0.25) is 0 Å². The van der Waals surface area contributed by atoms with Crippen molar-refractivity contribution in [3.63, 3.8) is 0 Å². The summed E-state index contributed by atoms with van der Waals surface area (Å²) in [6.07, 6.45) is 1.30. The molecule has 0 radical (unpaired) electrons. The lowest BCUT2D eigenvalue weighted by Crippen LogP contribution is -2.41. The lowest BCUT2D eigenvalue weighted by molar-refractivity contribution is 0.0493. The van der Waals surface area contributed by atoms with E-state index in [9.17, 15) is 4.79 Å². The Balaban J connectivity index is 2.10. The molecule has 0 aliphatic heterocycles. The number of nitrogens with zero attached hydrogens (tertiary/aromatic N) is 3. The molecule has 0 aromatic heterocycles. The molecule has 118 valence electrons. The van der Waals surface area contributed by atoms with Gasteiger partial charge in [-0.15, -0.1) is 0 Å². The SMILES string of the molecule is CCC1(NC(=O)OC(C)(C)C)CC1c1cccc(N=[N+]=[N-])c1. The van der Waals surface area contributed by atoms with Crippen molar-refractivity contribution in [1.29, 1.82) is 0 Å². The van der Waals surface area contributed by atoms with E-state index in [1.165, 1.54) is 0 Å². The molecule has 0 heterocycles. The standard InChI is InChI=1S/C16H22N4O2/c1-5-16(18-14(21)22-15(2,3)4)10-13(16)11-7-6-8-12(9-11)19-20-17/h6-9,13H,5,10H2,1-4H3,(H,18,21). The number of nitrogens with one attached hydrogen (secondary N) is 1. The molecule has 0 saturated heterocycles. The van der Waals surface area contributed by atoms with Crippen molar-refractivity contribution in [1.82, 2.24) is 5.32 Å². The Hall–Kier alpha value is -2.20. The highest BCUT2D eigenvalue weighted by atomic mass is 16.6. The second kappa shape index (κ2) is 5.89. The summed E-state index contributed by atoms with van der Waals surface area (Å²) in [7, 11) is 0. The number of benzene rings is 1. The van der Waals surface area contributed by atoms with Crippen molar-refractivity contribution in [2.24, 2.45) is 5.11 Å². The van der Waals surface area contributed by atoms with E-state index in [1.54, 1.807) is 6.07 Å². The number of hydrogen-bond donors (Lipinski definition) is 1. The van der Waals surface area contributed by atoms with Crippen LogP contribution in [0, 0.1) is 0 Å².